The predicted molar refractivity (Wildman–Crippen MR) is 119 cm³/mol. The maximum Gasteiger partial charge on any atom is 0.255 e. The number of amides is 3. The third-order valence-electron chi connectivity index (χ3n) is 5.05. The Morgan fingerprint density at radius 3 is 2.74 bits per heavy atom. The lowest BCUT2D eigenvalue weighted by Gasteiger charge is -2.16. The van der Waals surface area contributed by atoms with Crippen molar-refractivity contribution in [2.45, 2.75) is 39.2 Å². The zero-order valence-electron chi connectivity index (χ0n) is 17.9. The summed E-state index contributed by atoms with van der Waals surface area (Å²) in [6, 6.07) is 14.7. The van der Waals surface area contributed by atoms with Gasteiger partial charge < -0.3 is 20.3 Å². The Labute approximate surface area is 182 Å². The van der Waals surface area contributed by atoms with Gasteiger partial charge in [0.15, 0.2) is 0 Å². The molecule has 2 aromatic carbocycles. The summed E-state index contributed by atoms with van der Waals surface area (Å²) in [4.78, 5) is 38.3. The summed E-state index contributed by atoms with van der Waals surface area (Å²) < 4.78 is 5.48. The molecule has 1 aliphatic heterocycles. The van der Waals surface area contributed by atoms with Crippen molar-refractivity contribution in [1.82, 2.24) is 10.2 Å². The van der Waals surface area contributed by atoms with Crippen LogP contribution in [0.25, 0.3) is 0 Å². The Kier molecular flexibility index (Phi) is 8.04. The molecule has 0 aromatic heterocycles. The first-order chi connectivity index (χ1) is 15.1. The van der Waals surface area contributed by atoms with E-state index in [-0.39, 0.29) is 17.7 Å². The summed E-state index contributed by atoms with van der Waals surface area (Å²) in [6.45, 7) is 4.10. The highest BCUT2D eigenvalue weighted by atomic mass is 16.5. The van der Waals surface area contributed by atoms with Crippen LogP contribution in [0.15, 0.2) is 48.5 Å². The van der Waals surface area contributed by atoms with Gasteiger partial charge in [-0.05, 0) is 49.6 Å². The van der Waals surface area contributed by atoms with Gasteiger partial charge in [-0.3, -0.25) is 14.4 Å². The summed E-state index contributed by atoms with van der Waals surface area (Å²) in [5, 5.41) is 5.72. The van der Waals surface area contributed by atoms with Gasteiger partial charge in [0.05, 0.1) is 12.2 Å². The fraction of sp³-hybridized carbons (Fsp3) is 0.375. The summed E-state index contributed by atoms with van der Waals surface area (Å²) in [5.74, 6) is 0.406. The van der Waals surface area contributed by atoms with Crippen molar-refractivity contribution < 1.29 is 19.1 Å². The van der Waals surface area contributed by atoms with E-state index in [1.807, 2.05) is 42.2 Å². The average Bonchev–Trinajstić information content (AvgIpc) is 3.16. The van der Waals surface area contributed by atoms with Gasteiger partial charge in [-0.1, -0.05) is 24.3 Å². The number of para-hydroxylation sites is 1. The molecule has 0 bridgehead atoms. The topological polar surface area (TPSA) is 87.7 Å². The highest BCUT2D eigenvalue weighted by Gasteiger charge is 2.20. The molecule has 0 unspecified atom stereocenters. The summed E-state index contributed by atoms with van der Waals surface area (Å²) >= 11 is 0. The minimum absolute atomic E-state index is 0.113. The van der Waals surface area contributed by atoms with Crippen molar-refractivity contribution in [3.05, 3.63) is 59.7 Å². The number of ether oxygens (including phenoxy) is 1. The molecule has 1 fully saturated rings. The van der Waals surface area contributed by atoms with Crippen molar-refractivity contribution in [3.8, 4) is 5.75 Å². The smallest absolute Gasteiger partial charge is 0.255 e. The van der Waals surface area contributed by atoms with E-state index in [0.29, 0.717) is 56.0 Å². The van der Waals surface area contributed by atoms with Crippen molar-refractivity contribution in [2.24, 2.45) is 0 Å². The molecule has 2 N–H and O–H groups in total. The van der Waals surface area contributed by atoms with Gasteiger partial charge in [-0.25, -0.2) is 0 Å². The van der Waals surface area contributed by atoms with Gasteiger partial charge in [-0.15, -0.1) is 0 Å². The maximum atomic E-state index is 12.4. The Hall–Kier alpha value is -3.35. The number of rotatable bonds is 10. The van der Waals surface area contributed by atoms with Gasteiger partial charge in [0.2, 0.25) is 11.8 Å². The molecular weight excluding hydrogens is 394 g/mol. The van der Waals surface area contributed by atoms with E-state index < -0.39 is 0 Å². The molecule has 7 nitrogen and oxygen atoms in total. The number of carbonyl (C=O) groups is 3. The second kappa shape index (κ2) is 11.2. The standard InChI is InChI=1S/C24H29N3O4/c1-2-31-21-11-4-3-10-20(21)24(30)25-14-6-12-22(28)26-19-9-5-8-18(16-19)17-27-15-7-13-23(27)29/h3-5,8-11,16H,2,6-7,12-15,17H2,1H3,(H,25,30)(H,26,28). The molecule has 164 valence electrons. The largest absolute Gasteiger partial charge is 0.493 e. The third kappa shape index (κ3) is 6.57. The van der Waals surface area contributed by atoms with Crippen LogP contribution in [-0.2, 0) is 16.1 Å². The third-order valence-corrected chi connectivity index (χ3v) is 5.05. The van der Waals surface area contributed by atoms with Crippen LogP contribution in [0.1, 0.15) is 48.5 Å². The molecule has 1 saturated heterocycles. The number of anilines is 1. The van der Waals surface area contributed by atoms with Crippen LogP contribution in [0, 0.1) is 0 Å². The van der Waals surface area contributed by atoms with Gasteiger partial charge in [0.1, 0.15) is 5.75 Å². The molecule has 0 atom stereocenters. The normalized spacial score (nSPS) is 13.2. The first kappa shape index (κ1) is 22.3. The molecule has 1 heterocycles. The highest BCUT2D eigenvalue weighted by Crippen LogP contribution is 2.18. The van der Waals surface area contributed by atoms with Crippen molar-refractivity contribution in [2.75, 3.05) is 25.0 Å². The molecule has 2 aromatic rings. The van der Waals surface area contributed by atoms with Crippen LogP contribution in [0.4, 0.5) is 5.69 Å². The van der Waals surface area contributed by atoms with Crippen LogP contribution in [0.3, 0.4) is 0 Å². The van der Waals surface area contributed by atoms with Crippen LogP contribution >= 0.6 is 0 Å². The van der Waals surface area contributed by atoms with Crippen molar-refractivity contribution in [3.63, 3.8) is 0 Å². The Morgan fingerprint density at radius 1 is 1.13 bits per heavy atom. The zero-order chi connectivity index (χ0) is 22.1. The Balaban J connectivity index is 1.42. The predicted octanol–water partition coefficient (Wildman–Crippen LogP) is 3.36. The Morgan fingerprint density at radius 2 is 1.97 bits per heavy atom. The van der Waals surface area contributed by atoms with E-state index >= 15 is 0 Å². The number of carbonyl (C=O) groups excluding carboxylic acids is 3. The van der Waals surface area contributed by atoms with E-state index in [1.165, 1.54) is 0 Å². The average molecular weight is 424 g/mol. The minimum atomic E-state index is -0.214. The van der Waals surface area contributed by atoms with Crippen LogP contribution in [0.5, 0.6) is 5.75 Å². The zero-order valence-corrected chi connectivity index (χ0v) is 17.9. The van der Waals surface area contributed by atoms with Gasteiger partial charge >= 0.3 is 0 Å². The maximum absolute atomic E-state index is 12.4. The number of benzene rings is 2. The first-order valence-electron chi connectivity index (χ1n) is 10.7. The van der Waals surface area contributed by atoms with E-state index in [9.17, 15) is 14.4 Å². The molecule has 1 aliphatic rings. The number of hydrogen-bond acceptors (Lipinski definition) is 4. The number of nitrogens with one attached hydrogen (secondary N) is 2. The van der Waals surface area contributed by atoms with Crippen LogP contribution in [-0.4, -0.2) is 42.3 Å². The number of hydrogen-bond donors (Lipinski definition) is 2. The first-order valence-corrected chi connectivity index (χ1v) is 10.7. The Bertz CT molecular complexity index is 929. The fourth-order valence-electron chi connectivity index (χ4n) is 3.54. The SMILES string of the molecule is CCOc1ccccc1C(=O)NCCCC(=O)Nc1cccc(CN2CCCC2=O)c1. The molecule has 0 saturated carbocycles. The van der Waals surface area contributed by atoms with Gasteiger partial charge in [0.25, 0.3) is 5.91 Å². The molecule has 0 radical (unpaired) electrons. The lowest BCUT2D eigenvalue weighted by Crippen LogP contribution is -2.26. The molecule has 31 heavy (non-hydrogen) atoms. The second-order valence-electron chi connectivity index (χ2n) is 7.46. The van der Waals surface area contributed by atoms with E-state index in [2.05, 4.69) is 10.6 Å². The number of nitrogens with zero attached hydrogens (tertiary/aromatic N) is 1. The van der Waals surface area contributed by atoms with E-state index in [1.54, 1.807) is 18.2 Å². The summed E-state index contributed by atoms with van der Waals surface area (Å²) in [5.41, 5.74) is 2.19. The second-order valence-corrected chi connectivity index (χ2v) is 7.46. The van der Waals surface area contributed by atoms with Gasteiger partial charge in [-0.2, -0.15) is 0 Å². The molecular formula is C24H29N3O4. The van der Waals surface area contributed by atoms with E-state index in [4.69, 9.17) is 4.74 Å². The van der Waals surface area contributed by atoms with Crippen LogP contribution in [0.2, 0.25) is 0 Å². The van der Waals surface area contributed by atoms with Gasteiger partial charge in [0, 0.05) is 38.2 Å². The van der Waals surface area contributed by atoms with Crippen molar-refractivity contribution in [1.29, 1.82) is 0 Å². The quantitative estimate of drug-likeness (QED) is 0.574. The van der Waals surface area contributed by atoms with E-state index in [0.717, 1.165) is 18.5 Å². The fourth-order valence-corrected chi connectivity index (χ4v) is 3.54. The molecule has 3 amide bonds. The summed E-state index contributed by atoms with van der Waals surface area (Å²) in [6.07, 6.45) is 2.34. The molecule has 7 heteroatoms. The number of likely N-dealkylation sites (tertiary alicyclic amines) is 1. The minimum Gasteiger partial charge on any atom is -0.493 e. The summed E-state index contributed by atoms with van der Waals surface area (Å²) in [7, 11) is 0. The monoisotopic (exact) mass is 423 g/mol. The lowest BCUT2D eigenvalue weighted by molar-refractivity contribution is -0.128. The lowest BCUT2D eigenvalue weighted by atomic mass is 10.1. The highest BCUT2D eigenvalue weighted by molar-refractivity contribution is 5.97. The van der Waals surface area contributed by atoms with Crippen molar-refractivity contribution >= 4 is 23.4 Å². The van der Waals surface area contributed by atoms with Crippen LogP contribution < -0.4 is 15.4 Å². The molecule has 0 spiro atoms. The molecule has 0 aliphatic carbocycles. The molecule has 3 rings (SSSR count).